The Hall–Kier alpha value is -1.31. The van der Waals surface area contributed by atoms with Crippen LogP contribution in [-0.4, -0.2) is 11.9 Å². The molecule has 132 valence electrons. The highest BCUT2D eigenvalue weighted by Gasteiger charge is 2.16. The highest BCUT2D eigenvalue weighted by Crippen LogP contribution is 2.32. The van der Waals surface area contributed by atoms with Crippen LogP contribution in [0.1, 0.15) is 36.7 Å². The van der Waals surface area contributed by atoms with E-state index in [0.717, 1.165) is 31.4 Å². The first-order chi connectivity index (χ1) is 11.7. The normalized spacial score (nSPS) is 11.1. The number of urea groups is 1. The van der Waals surface area contributed by atoms with Gasteiger partial charge in [-0.3, -0.25) is 14.8 Å². The molecule has 0 aromatic heterocycles. The summed E-state index contributed by atoms with van der Waals surface area (Å²) in [5, 5.41) is 2.32. The SMILES string of the molecule is CC(C)(C)c1ccc(C(=O)NC(=O)NSc2c(Br)cccc2Br)cc1. The fourth-order valence-corrected chi connectivity index (χ4v) is 4.06. The molecule has 2 aromatic rings. The molecule has 0 unspecified atom stereocenters. The molecule has 25 heavy (non-hydrogen) atoms. The van der Waals surface area contributed by atoms with Crippen molar-refractivity contribution in [2.75, 3.05) is 0 Å². The summed E-state index contributed by atoms with van der Waals surface area (Å²) in [4.78, 5) is 24.9. The lowest BCUT2D eigenvalue weighted by Crippen LogP contribution is -2.36. The number of carbonyl (C=O) groups is 2. The van der Waals surface area contributed by atoms with Crippen LogP contribution in [0.5, 0.6) is 0 Å². The third-order valence-corrected chi connectivity index (χ3v) is 6.18. The minimum absolute atomic E-state index is 0.0134. The van der Waals surface area contributed by atoms with E-state index in [0.29, 0.717) is 5.56 Å². The summed E-state index contributed by atoms with van der Waals surface area (Å²) in [7, 11) is 0. The highest BCUT2D eigenvalue weighted by molar-refractivity contribution is 9.11. The zero-order valence-corrected chi connectivity index (χ0v) is 18.0. The number of rotatable bonds is 3. The second-order valence-electron chi connectivity index (χ2n) is 6.37. The van der Waals surface area contributed by atoms with Crippen molar-refractivity contribution in [3.05, 3.63) is 62.5 Å². The number of hydrogen-bond acceptors (Lipinski definition) is 3. The van der Waals surface area contributed by atoms with Gasteiger partial charge in [0, 0.05) is 14.5 Å². The van der Waals surface area contributed by atoms with Crippen molar-refractivity contribution in [3.8, 4) is 0 Å². The number of nitrogens with one attached hydrogen (secondary N) is 2. The lowest BCUT2D eigenvalue weighted by molar-refractivity contribution is 0.0965. The van der Waals surface area contributed by atoms with Crippen LogP contribution in [-0.2, 0) is 5.41 Å². The number of carbonyl (C=O) groups excluding carboxylic acids is 2. The van der Waals surface area contributed by atoms with E-state index in [-0.39, 0.29) is 5.41 Å². The van der Waals surface area contributed by atoms with Crippen LogP contribution in [0, 0.1) is 0 Å². The minimum atomic E-state index is -0.572. The van der Waals surface area contributed by atoms with Crippen molar-refractivity contribution in [2.24, 2.45) is 0 Å². The van der Waals surface area contributed by atoms with Crippen molar-refractivity contribution in [1.29, 1.82) is 0 Å². The zero-order chi connectivity index (χ0) is 18.6. The van der Waals surface area contributed by atoms with Crippen molar-refractivity contribution in [2.45, 2.75) is 31.1 Å². The molecule has 0 spiro atoms. The summed E-state index contributed by atoms with van der Waals surface area (Å²) < 4.78 is 4.29. The van der Waals surface area contributed by atoms with Gasteiger partial charge in [0.25, 0.3) is 5.91 Å². The number of imide groups is 1. The Kier molecular flexibility index (Phi) is 6.71. The van der Waals surface area contributed by atoms with Gasteiger partial charge >= 0.3 is 6.03 Å². The summed E-state index contributed by atoms with van der Waals surface area (Å²) >= 11 is 7.95. The molecule has 0 radical (unpaired) electrons. The maximum absolute atomic E-state index is 12.2. The minimum Gasteiger partial charge on any atom is -0.277 e. The van der Waals surface area contributed by atoms with Crippen molar-refractivity contribution >= 4 is 55.7 Å². The van der Waals surface area contributed by atoms with Gasteiger partial charge in [-0.15, -0.1) is 0 Å². The molecular weight excluding hydrogens is 468 g/mol. The summed E-state index contributed by atoms with van der Waals surface area (Å²) in [6.45, 7) is 6.31. The first-order valence-corrected chi connectivity index (χ1v) is 9.91. The number of halogens is 2. The van der Waals surface area contributed by atoms with E-state index in [1.165, 1.54) is 0 Å². The van der Waals surface area contributed by atoms with Gasteiger partial charge in [0.15, 0.2) is 0 Å². The largest absolute Gasteiger partial charge is 0.331 e. The Balaban J connectivity index is 1.95. The van der Waals surface area contributed by atoms with Crippen LogP contribution in [0.2, 0.25) is 0 Å². The molecule has 0 atom stereocenters. The molecule has 0 saturated heterocycles. The Bertz CT molecular complexity index is 766. The summed E-state index contributed by atoms with van der Waals surface area (Å²) in [5.74, 6) is -0.440. The molecular formula is C18H18Br2N2O2S. The zero-order valence-electron chi connectivity index (χ0n) is 14.0. The predicted octanol–water partition coefficient (Wildman–Crippen LogP) is 5.66. The molecule has 2 aromatic carbocycles. The van der Waals surface area contributed by atoms with Gasteiger partial charge in [0.05, 0.1) is 4.90 Å². The molecule has 2 N–H and O–H groups in total. The van der Waals surface area contributed by atoms with E-state index < -0.39 is 11.9 Å². The van der Waals surface area contributed by atoms with Gasteiger partial charge in [0.1, 0.15) is 0 Å². The van der Waals surface area contributed by atoms with Crippen molar-refractivity contribution in [3.63, 3.8) is 0 Å². The van der Waals surface area contributed by atoms with E-state index in [9.17, 15) is 9.59 Å². The summed E-state index contributed by atoms with van der Waals surface area (Å²) in [5.41, 5.74) is 1.58. The average Bonchev–Trinajstić information content (AvgIpc) is 2.53. The fraction of sp³-hybridized carbons (Fsp3) is 0.222. The number of benzene rings is 2. The smallest absolute Gasteiger partial charge is 0.277 e. The summed E-state index contributed by atoms with van der Waals surface area (Å²) in [6, 6.07) is 12.3. The van der Waals surface area contributed by atoms with Gasteiger partial charge < -0.3 is 0 Å². The maximum atomic E-state index is 12.2. The third-order valence-electron chi connectivity index (χ3n) is 3.40. The van der Waals surface area contributed by atoms with E-state index >= 15 is 0 Å². The van der Waals surface area contributed by atoms with Crippen LogP contribution in [0.15, 0.2) is 56.3 Å². The van der Waals surface area contributed by atoms with E-state index in [1.54, 1.807) is 12.1 Å². The Morgan fingerprint density at radius 3 is 2.04 bits per heavy atom. The van der Waals surface area contributed by atoms with Gasteiger partial charge in [0.2, 0.25) is 0 Å². The van der Waals surface area contributed by atoms with E-state index in [4.69, 9.17) is 0 Å². The van der Waals surface area contributed by atoms with Crippen LogP contribution in [0.4, 0.5) is 4.79 Å². The molecule has 0 heterocycles. The molecule has 3 amide bonds. The Labute approximate surface area is 168 Å². The molecule has 0 bridgehead atoms. The van der Waals surface area contributed by atoms with Crippen molar-refractivity contribution in [1.82, 2.24) is 10.0 Å². The first kappa shape index (κ1) is 20.0. The molecule has 0 saturated carbocycles. The number of hydrogen-bond donors (Lipinski definition) is 2. The molecule has 0 aliphatic heterocycles. The molecule has 2 rings (SSSR count). The molecule has 7 heteroatoms. The van der Waals surface area contributed by atoms with Gasteiger partial charge in [-0.2, -0.15) is 0 Å². The van der Waals surface area contributed by atoms with Gasteiger partial charge in [-0.1, -0.05) is 39.0 Å². The van der Waals surface area contributed by atoms with Gasteiger partial charge in [-0.05, 0) is 79.1 Å². The Morgan fingerprint density at radius 1 is 0.960 bits per heavy atom. The number of amides is 3. The van der Waals surface area contributed by atoms with Crippen LogP contribution < -0.4 is 10.0 Å². The second kappa shape index (κ2) is 8.38. The van der Waals surface area contributed by atoms with Crippen LogP contribution in [0.3, 0.4) is 0 Å². The summed E-state index contributed by atoms with van der Waals surface area (Å²) in [6.07, 6.45) is 0. The molecule has 0 aliphatic rings. The highest BCUT2D eigenvalue weighted by atomic mass is 79.9. The molecule has 0 fully saturated rings. The standard InChI is InChI=1S/C18H18Br2N2O2S/c1-18(2,3)12-9-7-11(8-10-12)16(23)21-17(24)22-25-15-13(19)5-4-6-14(15)20/h4-10H,1-3H3,(H2,21,22,23,24). The average molecular weight is 486 g/mol. The van der Waals surface area contributed by atoms with E-state index in [2.05, 4.69) is 62.7 Å². The monoisotopic (exact) mass is 484 g/mol. The van der Waals surface area contributed by atoms with Crippen LogP contribution >= 0.6 is 43.8 Å². The Morgan fingerprint density at radius 2 is 1.52 bits per heavy atom. The third kappa shape index (κ3) is 5.59. The molecule has 0 aliphatic carbocycles. The maximum Gasteiger partial charge on any atom is 0.331 e. The lowest BCUT2D eigenvalue weighted by atomic mass is 9.87. The second-order valence-corrected chi connectivity index (χ2v) is 8.89. The lowest BCUT2D eigenvalue weighted by Gasteiger charge is -2.19. The van der Waals surface area contributed by atoms with E-state index in [1.807, 2.05) is 30.3 Å². The quantitative estimate of drug-likeness (QED) is 0.551. The molecule has 4 nitrogen and oxygen atoms in total. The van der Waals surface area contributed by atoms with Crippen molar-refractivity contribution < 1.29 is 9.59 Å². The first-order valence-electron chi connectivity index (χ1n) is 7.51. The van der Waals surface area contributed by atoms with Gasteiger partial charge in [-0.25, -0.2) is 4.79 Å². The predicted molar refractivity (Wildman–Crippen MR) is 109 cm³/mol. The van der Waals surface area contributed by atoms with Crippen LogP contribution in [0.25, 0.3) is 0 Å². The topological polar surface area (TPSA) is 58.2 Å². The fourth-order valence-electron chi connectivity index (χ4n) is 2.00.